The summed E-state index contributed by atoms with van der Waals surface area (Å²) in [4.78, 5) is 12.3. The first kappa shape index (κ1) is 15.3. The fraction of sp³-hybridized carbons (Fsp3) is 0.500. The molecule has 1 atom stereocenters. The van der Waals surface area contributed by atoms with Crippen LogP contribution >= 0.6 is 0 Å². The molecule has 0 fully saturated rings. The summed E-state index contributed by atoms with van der Waals surface area (Å²) in [5, 5.41) is 4.05. The van der Waals surface area contributed by atoms with E-state index in [-0.39, 0.29) is 6.54 Å². The summed E-state index contributed by atoms with van der Waals surface area (Å²) < 4.78 is 39.7. The highest BCUT2D eigenvalue weighted by Gasteiger charge is 2.41. The SMILES string of the molecule is C=CC(=O)N(Cc1cc(C)n(C)n1)[C@H](C)C(F)(F)F. The van der Waals surface area contributed by atoms with Crippen molar-refractivity contribution in [3.8, 4) is 0 Å². The highest BCUT2D eigenvalue weighted by Crippen LogP contribution is 2.26. The van der Waals surface area contributed by atoms with Crippen LogP contribution in [0, 0.1) is 6.92 Å². The molecule has 106 valence electrons. The van der Waals surface area contributed by atoms with Gasteiger partial charge in [-0.1, -0.05) is 6.58 Å². The predicted molar refractivity (Wildman–Crippen MR) is 64.2 cm³/mol. The third-order valence-electron chi connectivity index (χ3n) is 2.90. The zero-order valence-corrected chi connectivity index (χ0v) is 11.0. The topological polar surface area (TPSA) is 38.1 Å². The molecule has 0 aliphatic carbocycles. The highest BCUT2D eigenvalue weighted by atomic mass is 19.4. The third-order valence-corrected chi connectivity index (χ3v) is 2.90. The fourth-order valence-electron chi connectivity index (χ4n) is 1.59. The lowest BCUT2D eigenvalue weighted by Gasteiger charge is -2.29. The fourth-order valence-corrected chi connectivity index (χ4v) is 1.59. The van der Waals surface area contributed by atoms with Gasteiger partial charge in [-0.2, -0.15) is 18.3 Å². The van der Waals surface area contributed by atoms with E-state index >= 15 is 0 Å². The van der Waals surface area contributed by atoms with E-state index in [1.54, 1.807) is 24.7 Å². The Balaban J connectivity index is 2.99. The minimum atomic E-state index is -4.48. The molecular formula is C12H16F3N3O. The smallest absolute Gasteiger partial charge is 0.321 e. The van der Waals surface area contributed by atoms with E-state index in [0.717, 1.165) is 18.7 Å². The Morgan fingerprint density at radius 1 is 1.63 bits per heavy atom. The molecule has 0 unspecified atom stereocenters. The second kappa shape index (κ2) is 5.46. The Bertz CT molecular complexity index is 460. The van der Waals surface area contributed by atoms with E-state index in [2.05, 4.69) is 11.7 Å². The number of aryl methyl sites for hydroxylation is 2. The van der Waals surface area contributed by atoms with Gasteiger partial charge in [0.2, 0.25) is 5.91 Å². The summed E-state index contributed by atoms with van der Waals surface area (Å²) in [5.74, 6) is -0.770. The van der Waals surface area contributed by atoms with Gasteiger partial charge in [0.1, 0.15) is 6.04 Å². The molecule has 0 aromatic carbocycles. The standard InChI is InChI=1S/C12H16F3N3O/c1-5-11(19)18(9(3)12(13,14)15)7-10-6-8(2)17(4)16-10/h5-6,9H,1,7H2,2-4H3/t9-/m1/s1. The van der Waals surface area contributed by atoms with Gasteiger partial charge < -0.3 is 4.90 Å². The van der Waals surface area contributed by atoms with Crippen molar-refractivity contribution in [3.63, 3.8) is 0 Å². The number of rotatable bonds is 4. The quantitative estimate of drug-likeness (QED) is 0.790. The van der Waals surface area contributed by atoms with Gasteiger partial charge in [-0.3, -0.25) is 9.48 Å². The lowest BCUT2D eigenvalue weighted by molar-refractivity contribution is -0.185. The molecule has 0 spiro atoms. The van der Waals surface area contributed by atoms with Crippen LogP contribution in [0.4, 0.5) is 13.2 Å². The lowest BCUT2D eigenvalue weighted by Crippen LogP contribution is -2.45. The maximum absolute atomic E-state index is 12.7. The minimum absolute atomic E-state index is 0.201. The second-order valence-corrected chi connectivity index (χ2v) is 4.29. The first-order valence-corrected chi connectivity index (χ1v) is 5.66. The molecule has 0 bridgehead atoms. The third kappa shape index (κ3) is 3.59. The first-order valence-electron chi connectivity index (χ1n) is 5.66. The second-order valence-electron chi connectivity index (χ2n) is 4.29. The van der Waals surface area contributed by atoms with E-state index < -0.39 is 18.1 Å². The largest absolute Gasteiger partial charge is 0.408 e. The number of carbonyl (C=O) groups excluding carboxylic acids is 1. The van der Waals surface area contributed by atoms with Gasteiger partial charge in [0, 0.05) is 12.7 Å². The lowest BCUT2D eigenvalue weighted by atomic mass is 10.2. The summed E-state index contributed by atoms with van der Waals surface area (Å²) in [6.45, 7) is 5.75. The maximum Gasteiger partial charge on any atom is 0.408 e. The molecule has 1 aromatic heterocycles. The number of nitrogens with zero attached hydrogens (tertiary/aromatic N) is 3. The highest BCUT2D eigenvalue weighted by molar-refractivity contribution is 5.87. The van der Waals surface area contributed by atoms with E-state index in [1.807, 2.05) is 0 Å². The summed E-state index contributed by atoms with van der Waals surface area (Å²) >= 11 is 0. The number of hydrogen-bond donors (Lipinski definition) is 0. The number of hydrogen-bond acceptors (Lipinski definition) is 2. The van der Waals surface area contributed by atoms with Gasteiger partial charge >= 0.3 is 6.18 Å². The molecule has 0 saturated carbocycles. The minimum Gasteiger partial charge on any atom is -0.321 e. The van der Waals surface area contributed by atoms with E-state index in [0.29, 0.717) is 10.6 Å². The summed E-state index contributed by atoms with van der Waals surface area (Å²) in [7, 11) is 1.69. The molecule has 0 aliphatic heterocycles. The van der Waals surface area contributed by atoms with Crippen LogP contribution in [-0.2, 0) is 18.4 Å². The van der Waals surface area contributed by atoms with Crippen molar-refractivity contribution >= 4 is 5.91 Å². The van der Waals surface area contributed by atoms with Gasteiger partial charge in [-0.15, -0.1) is 0 Å². The Kier molecular flexibility index (Phi) is 4.39. The zero-order valence-electron chi connectivity index (χ0n) is 11.0. The Labute approximate surface area is 109 Å². The van der Waals surface area contributed by atoms with Crippen LogP contribution in [0.1, 0.15) is 18.3 Å². The van der Waals surface area contributed by atoms with Crippen molar-refractivity contribution in [1.29, 1.82) is 0 Å². The van der Waals surface area contributed by atoms with Crippen molar-refractivity contribution in [3.05, 3.63) is 30.1 Å². The van der Waals surface area contributed by atoms with Gasteiger partial charge in [0.25, 0.3) is 0 Å². The number of amides is 1. The summed E-state index contributed by atoms with van der Waals surface area (Å²) in [5.41, 5.74) is 1.21. The van der Waals surface area contributed by atoms with Gasteiger partial charge in [-0.25, -0.2) is 0 Å². The van der Waals surface area contributed by atoms with Gasteiger partial charge in [0.05, 0.1) is 12.2 Å². The van der Waals surface area contributed by atoms with Crippen molar-refractivity contribution in [2.45, 2.75) is 32.6 Å². The van der Waals surface area contributed by atoms with Crippen LogP contribution < -0.4 is 0 Å². The summed E-state index contributed by atoms with van der Waals surface area (Å²) in [6.07, 6.45) is -3.61. The maximum atomic E-state index is 12.7. The molecule has 0 saturated heterocycles. The van der Waals surface area contributed by atoms with Gasteiger partial charge in [-0.05, 0) is 26.0 Å². The molecule has 0 radical (unpaired) electrons. The Morgan fingerprint density at radius 2 is 2.21 bits per heavy atom. The van der Waals surface area contributed by atoms with Crippen LogP contribution in [0.2, 0.25) is 0 Å². The molecule has 1 heterocycles. The Hall–Kier alpha value is -1.79. The first-order chi connectivity index (χ1) is 8.66. The number of aromatic nitrogens is 2. The average molecular weight is 275 g/mol. The normalized spacial score (nSPS) is 13.2. The molecular weight excluding hydrogens is 259 g/mol. The molecule has 1 amide bonds. The number of alkyl halides is 3. The molecule has 0 N–H and O–H groups in total. The molecule has 19 heavy (non-hydrogen) atoms. The van der Waals surface area contributed by atoms with Crippen molar-refractivity contribution in [2.24, 2.45) is 7.05 Å². The van der Waals surface area contributed by atoms with Crippen LogP contribution in [0.25, 0.3) is 0 Å². The van der Waals surface area contributed by atoms with Crippen LogP contribution in [0.15, 0.2) is 18.7 Å². The van der Waals surface area contributed by atoms with Crippen LogP contribution in [-0.4, -0.2) is 32.8 Å². The van der Waals surface area contributed by atoms with E-state index in [4.69, 9.17) is 0 Å². The van der Waals surface area contributed by atoms with Crippen molar-refractivity contribution < 1.29 is 18.0 Å². The Morgan fingerprint density at radius 3 is 2.58 bits per heavy atom. The van der Waals surface area contributed by atoms with Crippen LogP contribution in [0.3, 0.4) is 0 Å². The molecule has 7 heteroatoms. The average Bonchev–Trinajstić information content (AvgIpc) is 2.62. The monoisotopic (exact) mass is 275 g/mol. The predicted octanol–water partition coefficient (Wildman–Crippen LogP) is 2.19. The number of carbonyl (C=O) groups is 1. The van der Waals surface area contributed by atoms with Gasteiger partial charge in [0.15, 0.2) is 0 Å². The van der Waals surface area contributed by atoms with Crippen molar-refractivity contribution in [1.82, 2.24) is 14.7 Å². The molecule has 1 aromatic rings. The van der Waals surface area contributed by atoms with Crippen LogP contribution in [0.5, 0.6) is 0 Å². The van der Waals surface area contributed by atoms with Crippen molar-refractivity contribution in [2.75, 3.05) is 0 Å². The molecule has 1 rings (SSSR count). The molecule has 4 nitrogen and oxygen atoms in total. The summed E-state index contributed by atoms with van der Waals surface area (Å²) in [6, 6.07) is -0.243. The van der Waals surface area contributed by atoms with E-state index in [1.165, 1.54) is 0 Å². The van der Waals surface area contributed by atoms with E-state index in [9.17, 15) is 18.0 Å². The molecule has 0 aliphatic rings. The number of halogens is 3. The zero-order chi connectivity index (χ0) is 14.8.